The molecular formula is C18H13N5OS. The molecule has 0 saturated heterocycles. The van der Waals surface area contributed by atoms with Gasteiger partial charge in [-0.3, -0.25) is 15.1 Å². The van der Waals surface area contributed by atoms with Gasteiger partial charge in [0, 0.05) is 36.4 Å². The first-order valence-electron chi connectivity index (χ1n) is 7.59. The van der Waals surface area contributed by atoms with Crippen LogP contribution in [-0.4, -0.2) is 25.8 Å². The number of nitrogens with zero attached hydrogens (tertiary/aromatic N) is 4. The largest absolute Gasteiger partial charge is 0.298 e. The number of rotatable bonds is 3. The number of carbonyl (C=O) groups is 1. The fourth-order valence-corrected chi connectivity index (χ4v) is 3.19. The molecule has 0 unspecified atom stereocenters. The van der Waals surface area contributed by atoms with Crippen molar-refractivity contribution >= 4 is 33.1 Å². The molecule has 0 radical (unpaired) electrons. The van der Waals surface area contributed by atoms with E-state index in [1.807, 2.05) is 24.4 Å². The van der Waals surface area contributed by atoms with Crippen LogP contribution in [0.3, 0.4) is 0 Å². The van der Waals surface area contributed by atoms with Gasteiger partial charge in [0.2, 0.25) is 0 Å². The number of aryl methyl sites for hydroxylation is 1. The molecule has 0 aliphatic heterocycles. The Morgan fingerprint density at radius 1 is 1.00 bits per heavy atom. The van der Waals surface area contributed by atoms with Gasteiger partial charge in [-0.15, -0.1) is 0 Å². The van der Waals surface area contributed by atoms with Crippen LogP contribution in [0.2, 0.25) is 0 Å². The van der Waals surface area contributed by atoms with Crippen molar-refractivity contribution in [2.24, 2.45) is 0 Å². The molecule has 25 heavy (non-hydrogen) atoms. The van der Waals surface area contributed by atoms with Crippen LogP contribution < -0.4 is 5.32 Å². The van der Waals surface area contributed by atoms with Crippen molar-refractivity contribution < 1.29 is 4.79 Å². The number of nitrogens with one attached hydrogen (secondary N) is 1. The summed E-state index contributed by atoms with van der Waals surface area (Å²) in [4.78, 5) is 29.7. The molecule has 0 saturated carbocycles. The van der Waals surface area contributed by atoms with Crippen LogP contribution in [0, 0.1) is 6.92 Å². The Labute approximate surface area is 147 Å². The number of thiazole rings is 1. The van der Waals surface area contributed by atoms with E-state index >= 15 is 0 Å². The summed E-state index contributed by atoms with van der Waals surface area (Å²) in [6.07, 6.45) is 8.37. The summed E-state index contributed by atoms with van der Waals surface area (Å²) in [5, 5.41) is 5.52. The average molecular weight is 347 g/mol. The Morgan fingerprint density at radius 2 is 1.84 bits per heavy atom. The first kappa shape index (κ1) is 15.3. The lowest BCUT2D eigenvalue weighted by atomic mass is 10.1. The maximum atomic E-state index is 12.2. The number of carbonyl (C=O) groups excluding carboxylic acids is 1. The normalized spacial score (nSPS) is 10.8. The van der Waals surface area contributed by atoms with Gasteiger partial charge in [-0.1, -0.05) is 23.5 Å². The molecule has 0 aliphatic rings. The number of fused-ring (bicyclic) bond motifs is 1. The molecule has 0 bridgehead atoms. The Kier molecular flexibility index (Phi) is 3.91. The van der Waals surface area contributed by atoms with Crippen LogP contribution in [0.25, 0.3) is 21.2 Å². The second-order valence-electron chi connectivity index (χ2n) is 5.44. The summed E-state index contributed by atoms with van der Waals surface area (Å²) in [6.45, 7) is 1.77. The molecule has 6 nitrogen and oxygen atoms in total. The van der Waals surface area contributed by atoms with E-state index in [1.54, 1.807) is 19.3 Å². The van der Waals surface area contributed by atoms with Crippen LogP contribution in [0.5, 0.6) is 0 Å². The molecule has 3 heterocycles. The monoisotopic (exact) mass is 347 g/mol. The van der Waals surface area contributed by atoms with Crippen molar-refractivity contribution in [1.82, 2.24) is 19.9 Å². The third-order valence-electron chi connectivity index (χ3n) is 3.69. The van der Waals surface area contributed by atoms with E-state index in [0.29, 0.717) is 16.5 Å². The zero-order valence-corrected chi connectivity index (χ0v) is 14.1. The van der Waals surface area contributed by atoms with Gasteiger partial charge in [0.15, 0.2) is 5.13 Å². The number of pyridine rings is 1. The minimum Gasteiger partial charge on any atom is -0.298 e. The SMILES string of the molecule is Cc1ncc(C(=O)Nc2ncc(-c3ccc4cnccc4c3)s2)cn1. The van der Waals surface area contributed by atoms with E-state index in [-0.39, 0.29) is 5.91 Å². The smallest absolute Gasteiger partial charge is 0.260 e. The van der Waals surface area contributed by atoms with Gasteiger partial charge in [-0.2, -0.15) is 0 Å². The van der Waals surface area contributed by atoms with Gasteiger partial charge in [-0.25, -0.2) is 15.0 Å². The van der Waals surface area contributed by atoms with Crippen LogP contribution in [0.1, 0.15) is 16.2 Å². The summed E-state index contributed by atoms with van der Waals surface area (Å²) in [7, 11) is 0. The third-order valence-corrected chi connectivity index (χ3v) is 4.66. The zero-order chi connectivity index (χ0) is 17.2. The Hall–Kier alpha value is -3.19. The van der Waals surface area contributed by atoms with E-state index in [1.165, 1.54) is 23.7 Å². The van der Waals surface area contributed by atoms with E-state index in [2.05, 4.69) is 31.3 Å². The van der Waals surface area contributed by atoms with Crippen molar-refractivity contribution in [2.45, 2.75) is 6.92 Å². The number of anilines is 1. The number of hydrogen-bond acceptors (Lipinski definition) is 6. The molecule has 7 heteroatoms. The molecule has 4 aromatic rings. The van der Waals surface area contributed by atoms with Crippen LogP contribution in [0.4, 0.5) is 5.13 Å². The Balaban J connectivity index is 1.56. The second-order valence-corrected chi connectivity index (χ2v) is 6.47. The standard InChI is InChI=1S/C18H13N5OS/c1-11-20-8-15(9-21-11)17(24)23-18-22-10-16(25-18)13-2-3-14-7-19-5-4-12(14)6-13/h2-10H,1H3,(H,22,23,24). The highest BCUT2D eigenvalue weighted by atomic mass is 32.1. The minimum absolute atomic E-state index is 0.273. The maximum absolute atomic E-state index is 12.2. The highest BCUT2D eigenvalue weighted by Gasteiger charge is 2.11. The highest BCUT2D eigenvalue weighted by Crippen LogP contribution is 2.31. The number of amides is 1. The predicted octanol–water partition coefficient (Wildman–Crippen LogP) is 3.71. The number of aromatic nitrogens is 4. The van der Waals surface area contributed by atoms with E-state index in [4.69, 9.17) is 0 Å². The van der Waals surface area contributed by atoms with Crippen molar-refractivity contribution in [3.63, 3.8) is 0 Å². The quantitative estimate of drug-likeness (QED) is 0.611. The Bertz CT molecular complexity index is 1060. The van der Waals surface area contributed by atoms with Crippen molar-refractivity contribution in [1.29, 1.82) is 0 Å². The first-order valence-corrected chi connectivity index (χ1v) is 8.41. The molecule has 4 rings (SSSR count). The van der Waals surface area contributed by atoms with Crippen LogP contribution in [0.15, 0.2) is 55.2 Å². The van der Waals surface area contributed by atoms with E-state index < -0.39 is 0 Å². The lowest BCUT2D eigenvalue weighted by Gasteiger charge is -2.01. The molecular weight excluding hydrogens is 334 g/mol. The summed E-state index contributed by atoms with van der Waals surface area (Å²) in [5.41, 5.74) is 1.45. The van der Waals surface area contributed by atoms with Gasteiger partial charge < -0.3 is 0 Å². The minimum atomic E-state index is -0.273. The topological polar surface area (TPSA) is 80.7 Å². The second kappa shape index (κ2) is 6.37. The molecule has 0 atom stereocenters. The van der Waals surface area contributed by atoms with E-state index in [9.17, 15) is 4.79 Å². The van der Waals surface area contributed by atoms with Crippen molar-refractivity contribution in [3.05, 3.63) is 66.6 Å². The summed E-state index contributed by atoms with van der Waals surface area (Å²) in [6, 6.07) is 8.11. The van der Waals surface area contributed by atoms with Crippen LogP contribution >= 0.6 is 11.3 Å². The predicted molar refractivity (Wildman–Crippen MR) is 97.6 cm³/mol. The van der Waals surface area contributed by atoms with Crippen molar-refractivity contribution in [2.75, 3.05) is 5.32 Å². The van der Waals surface area contributed by atoms with Crippen LogP contribution in [-0.2, 0) is 0 Å². The summed E-state index contributed by atoms with van der Waals surface area (Å²) < 4.78 is 0. The molecule has 0 spiro atoms. The highest BCUT2D eigenvalue weighted by molar-refractivity contribution is 7.19. The lowest BCUT2D eigenvalue weighted by Crippen LogP contribution is -2.12. The molecule has 1 aromatic carbocycles. The Morgan fingerprint density at radius 3 is 2.68 bits per heavy atom. The van der Waals surface area contributed by atoms with Crippen molar-refractivity contribution in [3.8, 4) is 10.4 Å². The third kappa shape index (κ3) is 3.22. The first-order chi connectivity index (χ1) is 12.2. The van der Waals surface area contributed by atoms with E-state index in [0.717, 1.165) is 21.2 Å². The maximum Gasteiger partial charge on any atom is 0.260 e. The summed E-state index contributed by atoms with van der Waals surface area (Å²) in [5.74, 6) is 0.352. The average Bonchev–Trinajstić information content (AvgIpc) is 3.10. The molecule has 122 valence electrons. The van der Waals surface area contributed by atoms with Gasteiger partial charge in [0.25, 0.3) is 5.91 Å². The van der Waals surface area contributed by atoms with Gasteiger partial charge >= 0.3 is 0 Å². The van der Waals surface area contributed by atoms with Gasteiger partial charge in [-0.05, 0) is 30.0 Å². The fourth-order valence-electron chi connectivity index (χ4n) is 2.38. The lowest BCUT2D eigenvalue weighted by molar-refractivity contribution is 0.102. The zero-order valence-electron chi connectivity index (χ0n) is 13.3. The number of hydrogen-bond donors (Lipinski definition) is 1. The van der Waals surface area contributed by atoms with Gasteiger partial charge in [0.05, 0.1) is 10.4 Å². The summed E-state index contributed by atoms with van der Waals surface area (Å²) >= 11 is 1.42. The molecule has 1 amide bonds. The molecule has 0 fully saturated rings. The molecule has 0 aliphatic carbocycles. The number of benzene rings is 1. The molecule has 3 aromatic heterocycles. The fraction of sp³-hybridized carbons (Fsp3) is 0.0556. The van der Waals surface area contributed by atoms with Gasteiger partial charge in [0.1, 0.15) is 5.82 Å². The molecule has 1 N–H and O–H groups in total.